The van der Waals surface area contributed by atoms with Gasteiger partial charge < -0.3 is 4.74 Å². The van der Waals surface area contributed by atoms with E-state index in [1.54, 1.807) is 0 Å². The smallest absolute Gasteiger partial charge is 0.136 e. The average molecular weight is 264 g/mol. The summed E-state index contributed by atoms with van der Waals surface area (Å²) in [5, 5.41) is 0. The van der Waals surface area contributed by atoms with Crippen LogP contribution < -0.4 is 0 Å². The molecule has 1 atom stereocenters. The molecule has 1 aliphatic heterocycles. The first-order valence-corrected chi connectivity index (χ1v) is 8.48. The second-order valence-corrected chi connectivity index (χ2v) is 7.01. The summed E-state index contributed by atoms with van der Waals surface area (Å²) in [6.07, 6.45) is 16.0. The summed E-state index contributed by atoms with van der Waals surface area (Å²) in [5.41, 5.74) is 0.222. The van der Waals surface area contributed by atoms with Crippen molar-refractivity contribution in [2.24, 2.45) is 5.92 Å². The van der Waals surface area contributed by atoms with Crippen molar-refractivity contribution < 1.29 is 9.53 Å². The maximum absolute atomic E-state index is 12.1. The van der Waals surface area contributed by atoms with Gasteiger partial charge in [-0.05, 0) is 44.9 Å². The van der Waals surface area contributed by atoms with Gasteiger partial charge in [-0.15, -0.1) is 0 Å². The Hall–Kier alpha value is -0.370. The Bertz CT molecular complexity index is 311. The molecule has 3 rings (SSSR count). The molecule has 0 amide bonds. The SMILES string of the molecule is O=C(CCC1CCC2(CCCCC2)O1)C1CCCC1. The number of ketones is 1. The minimum Gasteiger partial charge on any atom is -0.372 e. The lowest BCUT2D eigenvalue weighted by Gasteiger charge is -2.33. The van der Waals surface area contributed by atoms with E-state index in [1.165, 1.54) is 57.8 Å². The van der Waals surface area contributed by atoms with Gasteiger partial charge in [-0.2, -0.15) is 0 Å². The van der Waals surface area contributed by atoms with Crippen LogP contribution in [0.5, 0.6) is 0 Å². The lowest BCUT2D eigenvalue weighted by atomic mass is 9.83. The highest BCUT2D eigenvalue weighted by molar-refractivity contribution is 5.81. The van der Waals surface area contributed by atoms with Crippen molar-refractivity contribution in [3.05, 3.63) is 0 Å². The van der Waals surface area contributed by atoms with E-state index in [0.29, 0.717) is 17.8 Å². The molecule has 0 bridgehead atoms. The second kappa shape index (κ2) is 5.95. The summed E-state index contributed by atoms with van der Waals surface area (Å²) in [6, 6.07) is 0. The van der Waals surface area contributed by atoms with E-state index in [4.69, 9.17) is 4.74 Å². The van der Waals surface area contributed by atoms with E-state index in [2.05, 4.69) is 0 Å². The molecule has 1 spiro atoms. The van der Waals surface area contributed by atoms with Gasteiger partial charge in [-0.3, -0.25) is 4.79 Å². The number of hydrogen-bond donors (Lipinski definition) is 0. The van der Waals surface area contributed by atoms with E-state index in [9.17, 15) is 4.79 Å². The van der Waals surface area contributed by atoms with Crippen molar-refractivity contribution in [1.29, 1.82) is 0 Å². The van der Waals surface area contributed by atoms with Crippen molar-refractivity contribution in [2.75, 3.05) is 0 Å². The van der Waals surface area contributed by atoms with Gasteiger partial charge in [0.2, 0.25) is 0 Å². The van der Waals surface area contributed by atoms with Gasteiger partial charge >= 0.3 is 0 Å². The lowest BCUT2D eigenvalue weighted by Crippen LogP contribution is -2.31. The fourth-order valence-corrected chi connectivity index (χ4v) is 4.42. The Morgan fingerprint density at radius 3 is 2.42 bits per heavy atom. The molecule has 3 aliphatic rings. The van der Waals surface area contributed by atoms with E-state index >= 15 is 0 Å². The van der Waals surface area contributed by atoms with Crippen LogP contribution in [0.3, 0.4) is 0 Å². The Kier molecular flexibility index (Phi) is 4.26. The molecule has 1 heterocycles. The summed E-state index contributed by atoms with van der Waals surface area (Å²) in [5.74, 6) is 0.913. The number of Topliss-reactive ketones (excluding diaryl/α,β-unsaturated/α-hetero) is 1. The molecule has 2 heteroatoms. The molecule has 3 fully saturated rings. The van der Waals surface area contributed by atoms with Crippen LogP contribution in [0.25, 0.3) is 0 Å². The van der Waals surface area contributed by atoms with Crippen LogP contribution in [-0.2, 0) is 9.53 Å². The highest BCUT2D eigenvalue weighted by Gasteiger charge is 2.40. The maximum atomic E-state index is 12.1. The summed E-state index contributed by atoms with van der Waals surface area (Å²) in [7, 11) is 0. The molecule has 1 unspecified atom stereocenters. The summed E-state index contributed by atoms with van der Waals surface area (Å²) < 4.78 is 6.35. The third kappa shape index (κ3) is 3.21. The standard InChI is InChI=1S/C17H28O2/c18-16(14-6-2-3-7-14)9-8-15-10-13-17(19-15)11-4-1-5-12-17/h14-15H,1-13H2. The Morgan fingerprint density at radius 2 is 1.68 bits per heavy atom. The second-order valence-electron chi connectivity index (χ2n) is 7.01. The average Bonchev–Trinajstić information content (AvgIpc) is 3.08. The Labute approximate surface area is 117 Å². The van der Waals surface area contributed by atoms with E-state index in [0.717, 1.165) is 25.7 Å². The van der Waals surface area contributed by atoms with Crippen molar-refractivity contribution in [1.82, 2.24) is 0 Å². The number of carbonyl (C=O) groups excluding carboxylic acids is 1. The van der Waals surface area contributed by atoms with Crippen LogP contribution in [-0.4, -0.2) is 17.5 Å². The monoisotopic (exact) mass is 264 g/mol. The minimum absolute atomic E-state index is 0.222. The Morgan fingerprint density at radius 1 is 0.947 bits per heavy atom. The van der Waals surface area contributed by atoms with Gasteiger partial charge in [-0.25, -0.2) is 0 Å². The highest BCUT2D eigenvalue weighted by Crippen LogP contribution is 2.43. The van der Waals surface area contributed by atoms with Crippen LogP contribution in [0.2, 0.25) is 0 Å². The first-order valence-electron chi connectivity index (χ1n) is 8.48. The number of ether oxygens (including phenoxy) is 1. The number of hydrogen-bond acceptors (Lipinski definition) is 2. The topological polar surface area (TPSA) is 26.3 Å². The third-order valence-corrected chi connectivity index (χ3v) is 5.63. The Balaban J connectivity index is 1.42. The molecule has 2 aliphatic carbocycles. The first kappa shape index (κ1) is 13.6. The molecule has 108 valence electrons. The minimum atomic E-state index is 0.222. The van der Waals surface area contributed by atoms with Crippen molar-refractivity contribution in [3.8, 4) is 0 Å². The summed E-state index contributed by atoms with van der Waals surface area (Å²) >= 11 is 0. The van der Waals surface area contributed by atoms with Crippen molar-refractivity contribution in [3.63, 3.8) is 0 Å². The first-order chi connectivity index (χ1) is 9.27. The molecular weight excluding hydrogens is 236 g/mol. The summed E-state index contributed by atoms with van der Waals surface area (Å²) in [4.78, 5) is 12.1. The largest absolute Gasteiger partial charge is 0.372 e. The van der Waals surface area contributed by atoms with Gasteiger partial charge in [0, 0.05) is 12.3 Å². The molecule has 0 N–H and O–H groups in total. The molecule has 0 aromatic rings. The van der Waals surface area contributed by atoms with Crippen LogP contribution in [0, 0.1) is 5.92 Å². The van der Waals surface area contributed by atoms with Gasteiger partial charge in [0.05, 0.1) is 11.7 Å². The van der Waals surface area contributed by atoms with Crippen LogP contribution in [0.1, 0.15) is 83.5 Å². The molecule has 0 aromatic heterocycles. The zero-order valence-corrected chi connectivity index (χ0v) is 12.2. The molecule has 0 radical (unpaired) electrons. The maximum Gasteiger partial charge on any atom is 0.136 e. The van der Waals surface area contributed by atoms with Crippen molar-refractivity contribution in [2.45, 2.75) is 95.2 Å². The van der Waals surface area contributed by atoms with Crippen molar-refractivity contribution >= 4 is 5.78 Å². The van der Waals surface area contributed by atoms with Crippen LogP contribution >= 0.6 is 0 Å². The van der Waals surface area contributed by atoms with Gasteiger partial charge in [-0.1, -0.05) is 32.1 Å². The van der Waals surface area contributed by atoms with Crippen LogP contribution in [0.15, 0.2) is 0 Å². The quantitative estimate of drug-likeness (QED) is 0.752. The summed E-state index contributed by atoms with van der Waals surface area (Å²) in [6.45, 7) is 0. The van der Waals surface area contributed by atoms with E-state index in [1.807, 2.05) is 0 Å². The third-order valence-electron chi connectivity index (χ3n) is 5.63. The number of rotatable bonds is 4. The molecular formula is C17H28O2. The van der Waals surface area contributed by atoms with E-state index < -0.39 is 0 Å². The molecule has 2 saturated carbocycles. The molecule has 1 saturated heterocycles. The van der Waals surface area contributed by atoms with E-state index in [-0.39, 0.29) is 5.60 Å². The number of carbonyl (C=O) groups is 1. The zero-order chi connectivity index (χ0) is 13.1. The predicted octanol–water partition coefficient (Wildman–Crippen LogP) is 4.41. The molecule has 19 heavy (non-hydrogen) atoms. The fourth-order valence-electron chi connectivity index (χ4n) is 4.42. The zero-order valence-electron chi connectivity index (χ0n) is 12.2. The molecule has 2 nitrogen and oxygen atoms in total. The molecule has 0 aromatic carbocycles. The highest BCUT2D eigenvalue weighted by atomic mass is 16.5. The van der Waals surface area contributed by atoms with Gasteiger partial charge in [0.15, 0.2) is 0 Å². The fraction of sp³-hybridized carbons (Fsp3) is 0.941. The normalized spacial score (nSPS) is 31.1. The predicted molar refractivity (Wildman–Crippen MR) is 76.1 cm³/mol. The van der Waals surface area contributed by atoms with Gasteiger partial charge in [0.1, 0.15) is 5.78 Å². The lowest BCUT2D eigenvalue weighted by molar-refractivity contribution is -0.124. The van der Waals surface area contributed by atoms with Crippen LogP contribution in [0.4, 0.5) is 0 Å². The van der Waals surface area contributed by atoms with Gasteiger partial charge in [0.25, 0.3) is 0 Å².